The second-order valence-corrected chi connectivity index (χ2v) is 3.80. The van der Waals surface area contributed by atoms with Gasteiger partial charge in [0.1, 0.15) is 0 Å². The zero-order chi connectivity index (χ0) is 10.4. The van der Waals surface area contributed by atoms with Crippen molar-refractivity contribution in [2.24, 2.45) is 5.92 Å². The zero-order valence-corrected chi connectivity index (χ0v) is 9.21. The van der Waals surface area contributed by atoms with E-state index in [-0.39, 0.29) is 5.97 Å². The highest BCUT2D eigenvalue weighted by atomic mass is 16.5. The lowest BCUT2D eigenvalue weighted by atomic mass is 9.95. The summed E-state index contributed by atoms with van der Waals surface area (Å²) in [6, 6.07) is 0. The quantitative estimate of drug-likeness (QED) is 0.632. The van der Waals surface area contributed by atoms with Gasteiger partial charge < -0.3 is 4.74 Å². The fourth-order valence-electron chi connectivity index (χ4n) is 1.98. The Kier molecular flexibility index (Phi) is 4.71. The highest BCUT2D eigenvalue weighted by Crippen LogP contribution is 2.30. The molecule has 0 aliphatic heterocycles. The van der Waals surface area contributed by atoms with E-state index in [9.17, 15) is 4.79 Å². The maximum Gasteiger partial charge on any atom is 0.333 e. The Morgan fingerprint density at radius 1 is 1.57 bits per heavy atom. The van der Waals surface area contributed by atoms with Gasteiger partial charge in [0.05, 0.1) is 6.61 Å². The van der Waals surface area contributed by atoms with Crippen LogP contribution in [0, 0.1) is 5.92 Å². The summed E-state index contributed by atoms with van der Waals surface area (Å²) in [5.74, 6) is 0.375. The molecule has 1 atom stereocenters. The Labute approximate surface area is 86.3 Å². The minimum Gasteiger partial charge on any atom is -0.463 e. The number of esters is 1. The SMILES string of the molecule is CCCCC1CCC=C1C(=O)OCC. The van der Waals surface area contributed by atoms with Crippen LogP contribution in [-0.2, 0) is 9.53 Å². The summed E-state index contributed by atoms with van der Waals surface area (Å²) in [5.41, 5.74) is 0.931. The summed E-state index contributed by atoms with van der Waals surface area (Å²) in [4.78, 5) is 11.5. The largest absolute Gasteiger partial charge is 0.463 e. The van der Waals surface area contributed by atoms with Gasteiger partial charge in [-0.1, -0.05) is 25.8 Å². The monoisotopic (exact) mass is 196 g/mol. The van der Waals surface area contributed by atoms with Crippen LogP contribution in [-0.4, -0.2) is 12.6 Å². The number of carbonyl (C=O) groups excluding carboxylic acids is 1. The summed E-state index contributed by atoms with van der Waals surface area (Å²) >= 11 is 0. The first-order valence-corrected chi connectivity index (χ1v) is 5.66. The predicted octanol–water partition coefficient (Wildman–Crippen LogP) is 3.08. The van der Waals surface area contributed by atoms with Crippen molar-refractivity contribution >= 4 is 5.97 Å². The molecule has 0 N–H and O–H groups in total. The van der Waals surface area contributed by atoms with E-state index in [0.717, 1.165) is 24.8 Å². The van der Waals surface area contributed by atoms with Crippen LogP contribution in [0.5, 0.6) is 0 Å². The number of rotatable bonds is 5. The normalized spacial score (nSPS) is 20.7. The van der Waals surface area contributed by atoms with Crippen LogP contribution < -0.4 is 0 Å². The Morgan fingerprint density at radius 3 is 3.00 bits per heavy atom. The van der Waals surface area contributed by atoms with Crippen LogP contribution in [0.15, 0.2) is 11.6 Å². The van der Waals surface area contributed by atoms with Gasteiger partial charge in [-0.05, 0) is 32.1 Å². The lowest BCUT2D eigenvalue weighted by Gasteiger charge is -2.12. The average molecular weight is 196 g/mol. The molecule has 0 bridgehead atoms. The van der Waals surface area contributed by atoms with E-state index < -0.39 is 0 Å². The number of hydrogen-bond donors (Lipinski definition) is 0. The molecule has 0 aromatic rings. The van der Waals surface area contributed by atoms with Crippen molar-refractivity contribution in [2.75, 3.05) is 6.61 Å². The van der Waals surface area contributed by atoms with E-state index in [1.165, 1.54) is 12.8 Å². The van der Waals surface area contributed by atoms with Gasteiger partial charge in [0.2, 0.25) is 0 Å². The molecule has 0 saturated heterocycles. The molecule has 1 aliphatic carbocycles. The highest BCUT2D eigenvalue weighted by molar-refractivity contribution is 5.89. The van der Waals surface area contributed by atoms with E-state index >= 15 is 0 Å². The second-order valence-electron chi connectivity index (χ2n) is 3.80. The van der Waals surface area contributed by atoms with Crippen molar-refractivity contribution in [3.8, 4) is 0 Å². The third kappa shape index (κ3) is 2.86. The molecule has 0 aromatic carbocycles. The molecule has 0 fully saturated rings. The van der Waals surface area contributed by atoms with E-state index in [1.807, 2.05) is 6.92 Å². The van der Waals surface area contributed by atoms with Gasteiger partial charge in [0, 0.05) is 5.57 Å². The molecule has 0 spiro atoms. The molecular weight excluding hydrogens is 176 g/mol. The van der Waals surface area contributed by atoms with Gasteiger partial charge >= 0.3 is 5.97 Å². The fraction of sp³-hybridized carbons (Fsp3) is 0.750. The second kappa shape index (κ2) is 5.84. The Bertz CT molecular complexity index is 218. The van der Waals surface area contributed by atoms with E-state index in [2.05, 4.69) is 13.0 Å². The summed E-state index contributed by atoms with van der Waals surface area (Å²) in [6.07, 6.45) is 7.78. The summed E-state index contributed by atoms with van der Waals surface area (Å²) in [6.45, 7) is 4.52. The number of ether oxygens (including phenoxy) is 1. The fourth-order valence-corrected chi connectivity index (χ4v) is 1.98. The lowest BCUT2D eigenvalue weighted by molar-refractivity contribution is -0.139. The van der Waals surface area contributed by atoms with Gasteiger partial charge in [0.25, 0.3) is 0 Å². The maximum absolute atomic E-state index is 11.5. The molecule has 0 saturated carbocycles. The molecule has 1 unspecified atom stereocenters. The smallest absolute Gasteiger partial charge is 0.333 e. The topological polar surface area (TPSA) is 26.3 Å². The molecule has 80 valence electrons. The van der Waals surface area contributed by atoms with Crippen LogP contribution in [0.25, 0.3) is 0 Å². The molecule has 0 heterocycles. The van der Waals surface area contributed by atoms with Crippen LogP contribution in [0.2, 0.25) is 0 Å². The van der Waals surface area contributed by atoms with Gasteiger partial charge in [-0.25, -0.2) is 4.79 Å². The van der Waals surface area contributed by atoms with Crippen molar-refractivity contribution < 1.29 is 9.53 Å². The standard InChI is InChI=1S/C12H20O2/c1-3-5-7-10-8-6-9-11(10)12(13)14-4-2/h9-10H,3-8H2,1-2H3. The number of carbonyl (C=O) groups is 1. The van der Waals surface area contributed by atoms with Crippen molar-refractivity contribution in [3.05, 3.63) is 11.6 Å². The minimum absolute atomic E-state index is 0.0916. The minimum atomic E-state index is -0.0916. The first-order chi connectivity index (χ1) is 6.79. The van der Waals surface area contributed by atoms with Gasteiger partial charge in [0.15, 0.2) is 0 Å². The molecule has 0 radical (unpaired) electrons. The van der Waals surface area contributed by atoms with Crippen molar-refractivity contribution in [1.82, 2.24) is 0 Å². The maximum atomic E-state index is 11.5. The van der Waals surface area contributed by atoms with E-state index in [4.69, 9.17) is 4.74 Å². The summed E-state index contributed by atoms with van der Waals surface area (Å²) in [7, 11) is 0. The number of hydrogen-bond acceptors (Lipinski definition) is 2. The summed E-state index contributed by atoms with van der Waals surface area (Å²) < 4.78 is 5.03. The molecule has 0 aromatic heterocycles. The predicted molar refractivity (Wildman–Crippen MR) is 57.0 cm³/mol. The van der Waals surface area contributed by atoms with Crippen LogP contribution in [0.4, 0.5) is 0 Å². The van der Waals surface area contributed by atoms with E-state index in [0.29, 0.717) is 12.5 Å². The molecule has 1 rings (SSSR count). The van der Waals surface area contributed by atoms with Crippen molar-refractivity contribution in [2.45, 2.75) is 46.0 Å². The van der Waals surface area contributed by atoms with Gasteiger partial charge in [-0.15, -0.1) is 0 Å². The van der Waals surface area contributed by atoms with Crippen LogP contribution >= 0.6 is 0 Å². The van der Waals surface area contributed by atoms with Crippen LogP contribution in [0.3, 0.4) is 0 Å². The Hall–Kier alpha value is -0.790. The van der Waals surface area contributed by atoms with Crippen molar-refractivity contribution in [1.29, 1.82) is 0 Å². The molecule has 2 nitrogen and oxygen atoms in total. The lowest BCUT2D eigenvalue weighted by Crippen LogP contribution is -2.13. The summed E-state index contributed by atoms with van der Waals surface area (Å²) in [5, 5.41) is 0. The molecule has 0 amide bonds. The first kappa shape index (κ1) is 11.3. The van der Waals surface area contributed by atoms with Crippen molar-refractivity contribution in [3.63, 3.8) is 0 Å². The van der Waals surface area contributed by atoms with E-state index in [1.54, 1.807) is 0 Å². The Morgan fingerprint density at radius 2 is 2.36 bits per heavy atom. The number of allylic oxidation sites excluding steroid dienone is 1. The molecule has 2 heteroatoms. The zero-order valence-electron chi connectivity index (χ0n) is 9.21. The Balaban J connectivity index is 2.45. The molecule has 1 aliphatic rings. The highest BCUT2D eigenvalue weighted by Gasteiger charge is 2.24. The third-order valence-electron chi connectivity index (χ3n) is 2.74. The molecular formula is C12H20O2. The van der Waals surface area contributed by atoms with Gasteiger partial charge in [-0.2, -0.15) is 0 Å². The van der Waals surface area contributed by atoms with Crippen LogP contribution in [0.1, 0.15) is 46.0 Å². The average Bonchev–Trinajstić information content (AvgIpc) is 2.63. The third-order valence-corrected chi connectivity index (χ3v) is 2.74. The first-order valence-electron chi connectivity index (χ1n) is 5.66. The van der Waals surface area contributed by atoms with Gasteiger partial charge in [-0.3, -0.25) is 0 Å². The number of unbranched alkanes of at least 4 members (excludes halogenated alkanes) is 1. The molecule has 14 heavy (non-hydrogen) atoms.